The summed E-state index contributed by atoms with van der Waals surface area (Å²) < 4.78 is 0. The van der Waals surface area contributed by atoms with Crippen LogP contribution in [0.4, 0.5) is 0 Å². The van der Waals surface area contributed by atoms with Crippen molar-refractivity contribution in [1.29, 1.82) is 0 Å². The molecule has 1 aromatic rings. The van der Waals surface area contributed by atoms with E-state index >= 15 is 0 Å². The highest BCUT2D eigenvalue weighted by atomic mass is 16.2. The Morgan fingerprint density at radius 2 is 1.90 bits per heavy atom. The summed E-state index contributed by atoms with van der Waals surface area (Å²) in [5.41, 5.74) is 0.202. The van der Waals surface area contributed by atoms with Gasteiger partial charge in [0.15, 0.2) is 0 Å². The van der Waals surface area contributed by atoms with Crippen molar-refractivity contribution in [2.75, 3.05) is 13.1 Å². The van der Waals surface area contributed by atoms with E-state index in [1.54, 1.807) is 0 Å². The third-order valence-corrected chi connectivity index (χ3v) is 3.82. The Hall–Kier alpha value is -1.68. The van der Waals surface area contributed by atoms with E-state index in [1.165, 1.54) is 4.90 Å². The first-order valence-electron chi connectivity index (χ1n) is 7.09. The molecule has 1 heterocycles. The Morgan fingerprint density at radius 3 is 2.50 bits per heavy atom. The number of hydrogen-bond donors (Lipinski definition) is 1. The minimum Gasteiger partial charge on any atom is -0.313 e. The molecule has 4 nitrogen and oxygen atoms in total. The minimum absolute atomic E-state index is 0.0769. The van der Waals surface area contributed by atoms with Gasteiger partial charge < -0.3 is 5.32 Å². The van der Waals surface area contributed by atoms with Gasteiger partial charge in [0.25, 0.3) is 0 Å². The van der Waals surface area contributed by atoms with Gasteiger partial charge in [0.2, 0.25) is 11.8 Å². The summed E-state index contributed by atoms with van der Waals surface area (Å²) in [6.07, 6.45) is 0.261. The molecule has 4 heteroatoms. The van der Waals surface area contributed by atoms with Crippen molar-refractivity contribution in [2.45, 2.75) is 38.6 Å². The second-order valence-electron chi connectivity index (χ2n) is 5.83. The molecule has 20 heavy (non-hydrogen) atoms. The van der Waals surface area contributed by atoms with E-state index in [9.17, 15) is 9.59 Å². The summed E-state index contributed by atoms with van der Waals surface area (Å²) in [6.45, 7) is 7.03. The predicted octanol–water partition coefficient (Wildman–Crippen LogP) is 1.70. The summed E-state index contributed by atoms with van der Waals surface area (Å²) in [5, 5.41) is 3.23. The van der Waals surface area contributed by atoms with Crippen LogP contribution in [0.15, 0.2) is 30.3 Å². The third-order valence-electron chi connectivity index (χ3n) is 3.82. The Bertz CT molecular complexity index is 498. The van der Waals surface area contributed by atoms with Crippen molar-refractivity contribution in [1.82, 2.24) is 10.2 Å². The monoisotopic (exact) mass is 274 g/mol. The number of benzene rings is 1. The quantitative estimate of drug-likeness (QED) is 0.831. The van der Waals surface area contributed by atoms with E-state index in [1.807, 2.05) is 51.1 Å². The molecule has 0 saturated carbocycles. The highest BCUT2D eigenvalue weighted by Gasteiger charge is 2.48. The number of nitrogens with zero attached hydrogens (tertiary/aromatic N) is 1. The largest absolute Gasteiger partial charge is 0.313 e. The van der Waals surface area contributed by atoms with Crippen LogP contribution in [0.3, 0.4) is 0 Å². The number of rotatable bonds is 5. The first-order chi connectivity index (χ1) is 9.45. The maximum absolute atomic E-state index is 12.6. The van der Waals surface area contributed by atoms with Crippen molar-refractivity contribution in [3.63, 3.8) is 0 Å². The first kappa shape index (κ1) is 14.7. The highest BCUT2D eigenvalue weighted by Crippen LogP contribution is 2.35. The molecular formula is C16H22N2O2. The van der Waals surface area contributed by atoms with Gasteiger partial charge in [-0.05, 0) is 12.5 Å². The zero-order valence-electron chi connectivity index (χ0n) is 12.3. The topological polar surface area (TPSA) is 49.4 Å². The number of nitrogens with one attached hydrogen (secondary N) is 1. The van der Waals surface area contributed by atoms with Crippen LogP contribution in [-0.2, 0) is 15.0 Å². The molecular weight excluding hydrogens is 252 g/mol. The van der Waals surface area contributed by atoms with Crippen LogP contribution in [0.1, 0.15) is 32.8 Å². The van der Waals surface area contributed by atoms with Crippen LogP contribution in [0.2, 0.25) is 0 Å². The van der Waals surface area contributed by atoms with Crippen LogP contribution < -0.4 is 5.32 Å². The lowest BCUT2D eigenvalue weighted by Crippen LogP contribution is -2.41. The van der Waals surface area contributed by atoms with E-state index in [0.29, 0.717) is 19.1 Å². The zero-order valence-corrected chi connectivity index (χ0v) is 12.3. The minimum atomic E-state index is -0.712. The van der Waals surface area contributed by atoms with Gasteiger partial charge in [0.1, 0.15) is 0 Å². The molecule has 0 spiro atoms. The van der Waals surface area contributed by atoms with Crippen molar-refractivity contribution >= 4 is 11.8 Å². The van der Waals surface area contributed by atoms with Gasteiger partial charge in [0, 0.05) is 25.6 Å². The number of carbonyl (C=O) groups excluding carboxylic acids is 2. The first-order valence-corrected chi connectivity index (χ1v) is 7.09. The van der Waals surface area contributed by atoms with Crippen LogP contribution >= 0.6 is 0 Å². The van der Waals surface area contributed by atoms with Gasteiger partial charge in [-0.2, -0.15) is 0 Å². The molecule has 1 aliphatic heterocycles. The Labute approximate surface area is 120 Å². The number of amides is 2. The average Bonchev–Trinajstić information content (AvgIpc) is 2.64. The molecule has 1 saturated heterocycles. The summed E-state index contributed by atoms with van der Waals surface area (Å²) in [6, 6.07) is 9.91. The van der Waals surface area contributed by atoms with Gasteiger partial charge in [-0.1, -0.05) is 44.2 Å². The fraction of sp³-hybridized carbons (Fsp3) is 0.500. The molecule has 1 atom stereocenters. The molecule has 1 unspecified atom stereocenters. The molecule has 1 N–H and O–H groups in total. The lowest BCUT2D eigenvalue weighted by Gasteiger charge is -2.23. The van der Waals surface area contributed by atoms with E-state index in [0.717, 1.165) is 5.56 Å². The van der Waals surface area contributed by atoms with Gasteiger partial charge in [0.05, 0.1) is 5.41 Å². The fourth-order valence-electron chi connectivity index (χ4n) is 2.61. The smallest absolute Gasteiger partial charge is 0.240 e. The van der Waals surface area contributed by atoms with Crippen LogP contribution in [0.5, 0.6) is 0 Å². The van der Waals surface area contributed by atoms with Gasteiger partial charge in [-0.25, -0.2) is 0 Å². The number of carbonyl (C=O) groups is 2. The van der Waals surface area contributed by atoms with Gasteiger partial charge >= 0.3 is 0 Å². The predicted molar refractivity (Wildman–Crippen MR) is 78.3 cm³/mol. The number of imide groups is 1. The lowest BCUT2D eigenvalue weighted by molar-refractivity contribution is -0.139. The van der Waals surface area contributed by atoms with Crippen molar-refractivity contribution in [3.05, 3.63) is 35.9 Å². The molecule has 1 aliphatic rings. The molecule has 2 rings (SSSR count). The van der Waals surface area contributed by atoms with Crippen molar-refractivity contribution in [2.24, 2.45) is 0 Å². The standard InChI is InChI=1S/C16H22N2O2/c1-12(2)17-9-10-18-14(19)11-16(3,15(18)20)13-7-5-4-6-8-13/h4-8,12,17H,9-11H2,1-3H3. The molecule has 0 aromatic heterocycles. The molecule has 0 aliphatic carbocycles. The summed E-state index contributed by atoms with van der Waals surface area (Å²) >= 11 is 0. The van der Waals surface area contributed by atoms with E-state index in [-0.39, 0.29) is 18.2 Å². The molecule has 2 amide bonds. The van der Waals surface area contributed by atoms with Gasteiger partial charge in [-0.15, -0.1) is 0 Å². The Kier molecular flexibility index (Phi) is 4.23. The van der Waals surface area contributed by atoms with Crippen LogP contribution in [-0.4, -0.2) is 35.8 Å². The third kappa shape index (κ3) is 2.75. The normalized spacial score (nSPS) is 22.9. The molecule has 108 valence electrons. The zero-order chi connectivity index (χ0) is 14.8. The highest BCUT2D eigenvalue weighted by molar-refractivity contribution is 6.08. The van der Waals surface area contributed by atoms with Crippen molar-refractivity contribution in [3.8, 4) is 0 Å². The fourth-order valence-corrected chi connectivity index (χ4v) is 2.61. The average molecular weight is 274 g/mol. The van der Waals surface area contributed by atoms with E-state index in [4.69, 9.17) is 0 Å². The summed E-state index contributed by atoms with van der Waals surface area (Å²) in [4.78, 5) is 26.1. The number of likely N-dealkylation sites (tertiary alicyclic amines) is 1. The molecule has 1 fully saturated rings. The second-order valence-corrected chi connectivity index (χ2v) is 5.83. The Morgan fingerprint density at radius 1 is 1.25 bits per heavy atom. The van der Waals surface area contributed by atoms with Gasteiger partial charge in [-0.3, -0.25) is 14.5 Å². The Balaban J connectivity index is 2.12. The maximum Gasteiger partial charge on any atom is 0.240 e. The molecule has 1 aromatic carbocycles. The SMILES string of the molecule is CC(C)NCCN1C(=O)CC(C)(c2ccccc2)C1=O. The second kappa shape index (κ2) is 5.75. The van der Waals surface area contributed by atoms with Crippen LogP contribution in [0.25, 0.3) is 0 Å². The maximum atomic E-state index is 12.6. The van der Waals surface area contributed by atoms with E-state index in [2.05, 4.69) is 5.32 Å². The van der Waals surface area contributed by atoms with E-state index < -0.39 is 5.41 Å². The lowest BCUT2D eigenvalue weighted by atomic mass is 9.81. The molecule has 0 radical (unpaired) electrons. The van der Waals surface area contributed by atoms with Crippen LogP contribution in [0, 0.1) is 0 Å². The molecule has 0 bridgehead atoms. The number of hydrogen-bond acceptors (Lipinski definition) is 3. The summed E-state index contributed by atoms with van der Waals surface area (Å²) in [5.74, 6) is -0.161. The summed E-state index contributed by atoms with van der Waals surface area (Å²) in [7, 11) is 0. The van der Waals surface area contributed by atoms with Crippen molar-refractivity contribution < 1.29 is 9.59 Å².